The van der Waals surface area contributed by atoms with E-state index >= 15 is 0 Å². The predicted octanol–water partition coefficient (Wildman–Crippen LogP) is 0.765. The zero-order valence-electron chi connectivity index (χ0n) is 23.3. The molecule has 1 saturated heterocycles. The number of carbonyl (C=O) groups excluding carboxylic acids is 3. The highest BCUT2D eigenvalue weighted by Gasteiger charge is 2.23. The highest BCUT2D eigenvalue weighted by Crippen LogP contribution is 2.28. The van der Waals surface area contributed by atoms with E-state index in [0.29, 0.717) is 18.0 Å². The SMILES string of the molecule is CCOC(=O)CN(N)/C=C(\N)CN(Cc1ccc(N)cc1)C(=O)NCC=O.[B]c1ccccc1C1CCCN1C. The van der Waals surface area contributed by atoms with Gasteiger partial charge in [0.05, 0.1) is 19.7 Å². The van der Waals surface area contributed by atoms with E-state index in [9.17, 15) is 14.4 Å². The number of aldehydes is 1. The molecule has 0 aromatic heterocycles. The molecular formula is C28H40BN7O4. The summed E-state index contributed by atoms with van der Waals surface area (Å²) in [6.07, 6.45) is 4.46. The Balaban J connectivity index is 0.000000355. The molecule has 3 rings (SSSR count). The van der Waals surface area contributed by atoms with Crippen molar-refractivity contribution in [3.63, 3.8) is 0 Å². The lowest BCUT2D eigenvalue weighted by molar-refractivity contribution is -0.143. The van der Waals surface area contributed by atoms with Crippen molar-refractivity contribution in [3.8, 4) is 0 Å². The van der Waals surface area contributed by atoms with Crippen LogP contribution in [0.5, 0.6) is 0 Å². The third-order valence-corrected chi connectivity index (χ3v) is 6.17. The van der Waals surface area contributed by atoms with E-state index in [1.807, 2.05) is 12.1 Å². The van der Waals surface area contributed by atoms with Crippen molar-refractivity contribution < 1.29 is 19.1 Å². The highest BCUT2D eigenvalue weighted by atomic mass is 16.5. The molecule has 12 heteroatoms. The molecule has 2 amide bonds. The molecule has 11 nitrogen and oxygen atoms in total. The van der Waals surface area contributed by atoms with Gasteiger partial charge in [0.25, 0.3) is 0 Å². The Hall–Kier alpha value is -4.03. The maximum Gasteiger partial charge on any atom is 0.327 e. The molecule has 2 aromatic rings. The fourth-order valence-electron chi connectivity index (χ4n) is 4.28. The Morgan fingerprint density at radius 1 is 1.18 bits per heavy atom. The number of urea groups is 1. The summed E-state index contributed by atoms with van der Waals surface area (Å²) in [5.41, 5.74) is 15.5. The molecule has 214 valence electrons. The summed E-state index contributed by atoms with van der Waals surface area (Å²) in [6, 6.07) is 15.3. The van der Waals surface area contributed by atoms with Gasteiger partial charge in [0.1, 0.15) is 20.7 Å². The van der Waals surface area contributed by atoms with Crippen molar-refractivity contribution in [2.45, 2.75) is 32.4 Å². The number of esters is 1. The van der Waals surface area contributed by atoms with E-state index in [0.717, 1.165) is 16.0 Å². The lowest BCUT2D eigenvalue weighted by Gasteiger charge is -2.24. The van der Waals surface area contributed by atoms with Gasteiger partial charge in [-0.1, -0.05) is 41.9 Å². The molecule has 0 spiro atoms. The van der Waals surface area contributed by atoms with Crippen LogP contribution in [0.4, 0.5) is 10.5 Å². The first-order valence-corrected chi connectivity index (χ1v) is 13.1. The molecule has 2 aromatic carbocycles. The van der Waals surface area contributed by atoms with E-state index in [2.05, 4.69) is 29.4 Å². The molecule has 1 aliphatic rings. The van der Waals surface area contributed by atoms with Crippen molar-refractivity contribution in [3.05, 3.63) is 71.6 Å². The molecule has 1 fully saturated rings. The summed E-state index contributed by atoms with van der Waals surface area (Å²) in [6.45, 7) is 3.11. The van der Waals surface area contributed by atoms with Crippen LogP contribution in [0, 0.1) is 0 Å². The molecule has 1 atom stereocenters. The fourth-order valence-corrected chi connectivity index (χ4v) is 4.28. The van der Waals surface area contributed by atoms with Crippen molar-refractivity contribution >= 4 is 37.3 Å². The average molecular weight is 549 g/mol. The normalized spacial score (nSPS) is 15.0. The molecule has 40 heavy (non-hydrogen) atoms. The van der Waals surface area contributed by atoms with E-state index in [1.165, 1.54) is 36.0 Å². The number of amides is 2. The standard InChI is InChI=1S/C17H26N6O4.C11H14BN/c1-2-27-16(25)12-23(20)11-15(19)10-22(17(26)21-7-8-24)9-13-3-5-14(18)6-4-13;1-13-8-4-7-11(13)9-5-2-3-6-10(9)12/h3-6,8,11H,2,7,9-10,12,18-20H2,1H3,(H,21,26);2-3,5-6,11H,4,7-8H2,1H3/b15-11-;. The van der Waals surface area contributed by atoms with Crippen LogP contribution >= 0.6 is 0 Å². The minimum atomic E-state index is -0.494. The van der Waals surface area contributed by atoms with Gasteiger partial charge in [-0.05, 0) is 56.6 Å². The van der Waals surface area contributed by atoms with Crippen LogP contribution in [0.15, 0.2) is 60.4 Å². The smallest absolute Gasteiger partial charge is 0.327 e. The molecule has 0 saturated carbocycles. The Morgan fingerprint density at radius 3 is 2.48 bits per heavy atom. The number of carbonyl (C=O) groups is 3. The highest BCUT2D eigenvalue weighted by molar-refractivity contribution is 6.33. The van der Waals surface area contributed by atoms with Gasteiger partial charge in [-0.15, -0.1) is 0 Å². The minimum absolute atomic E-state index is 0.0333. The third kappa shape index (κ3) is 11.0. The number of likely N-dealkylation sites (tertiary alicyclic amines) is 1. The Kier molecular flexibility index (Phi) is 13.5. The molecule has 1 heterocycles. The van der Waals surface area contributed by atoms with Crippen LogP contribution in [0.2, 0.25) is 0 Å². The number of hydrogen-bond acceptors (Lipinski definition) is 9. The summed E-state index contributed by atoms with van der Waals surface area (Å²) < 4.78 is 4.80. The van der Waals surface area contributed by atoms with Gasteiger partial charge in [0, 0.05) is 30.2 Å². The molecule has 1 unspecified atom stereocenters. The van der Waals surface area contributed by atoms with Crippen LogP contribution in [-0.4, -0.2) is 80.8 Å². The first-order valence-electron chi connectivity index (χ1n) is 13.1. The zero-order valence-corrected chi connectivity index (χ0v) is 23.3. The van der Waals surface area contributed by atoms with Gasteiger partial charge < -0.3 is 36.2 Å². The van der Waals surface area contributed by atoms with E-state index in [1.54, 1.807) is 31.2 Å². The van der Waals surface area contributed by atoms with Gasteiger partial charge in [-0.2, -0.15) is 0 Å². The van der Waals surface area contributed by atoms with Crippen molar-refractivity contribution in [1.29, 1.82) is 0 Å². The van der Waals surface area contributed by atoms with Crippen molar-refractivity contribution in [2.24, 2.45) is 11.6 Å². The maximum atomic E-state index is 12.3. The van der Waals surface area contributed by atoms with Crippen LogP contribution in [0.3, 0.4) is 0 Å². The van der Waals surface area contributed by atoms with Crippen LogP contribution in [0.1, 0.15) is 36.9 Å². The number of nitrogens with one attached hydrogen (secondary N) is 1. The van der Waals surface area contributed by atoms with Gasteiger partial charge in [-0.3, -0.25) is 9.69 Å². The van der Waals surface area contributed by atoms with Crippen LogP contribution < -0.4 is 28.1 Å². The van der Waals surface area contributed by atoms with E-state index < -0.39 is 12.0 Å². The van der Waals surface area contributed by atoms with Gasteiger partial charge in [-0.25, -0.2) is 10.6 Å². The largest absolute Gasteiger partial charge is 0.465 e. The minimum Gasteiger partial charge on any atom is -0.465 e. The number of nitrogens with zero attached hydrogens (tertiary/aromatic N) is 3. The number of ether oxygens (including phenoxy) is 1. The molecule has 0 aliphatic carbocycles. The fraction of sp³-hybridized carbons (Fsp3) is 0.393. The van der Waals surface area contributed by atoms with Gasteiger partial charge >= 0.3 is 12.0 Å². The first kappa shape index (κ1) is 32.2. The Morgan fingerprint density at radius 2 is 1.88 bits per heavy atom. The molecule has 7 N–H and O–H groups in total. The van der Waals surface area contributed by atoms with Crippen LogP contribution in [0.25, 0.3) is 0 Å². The predicted molar refractivity (Wildman–Crippen MR) is 157 cm³/mol. The summed E-state index contributed by atoms with van der Waals surface area (Å²) >= 11 is 0. The molecular weight excluding hydrogens is 509 g/mol. The Bertz CT molecular complexity index is 1130. The first-order chi connectivity index (χ1) is 19.1. The molecule has 0 bridgehead atoms. The second kappa shape index (κ2) is 16.8. The van der Waals surface area contributed by atoms with Gasteiger partial charge in [0.15, 0.2) is 0 Å². The molecule has 1 aliphatic heterocycles. The summed E-state index contributed by atoms with van der Waals surface area (Å²) in [4.78, 5) is 38.0. The van der Waals surface area contributed by atoms with E-state index in [-0.39, 0.29) is 38.5 Å². The third-order valence-electron chi connectivity index (χ3n) is 6.17. The maximum absolute atomic E-state index is 12.3. The number of nitrogen functional groups attached to an aromatic ring is 1. The number of nitrogens with two attached hydrogens (primary N) is 3. The summed E-state index contributed by atoms with van der Waals surface area (Å²) in [5.74, 6) is 5.21. The zero-order chi connectivity index (χ0) is 29.5. The second-order valence-corrected chi connectivity index (χ2v) is 9.40. The van der Waals surface area contributed by atoms with Gasteiger partial charge in [0.2, 0.25) is 0 Å². The average Bonchev–Trinajstić information content (AvgIpc) is 3.34. The quantitative estimate of drug-likeness (QED) is 0.0793. The monoisotopic (exact) mass is 549 g/mol. The number of anilines is 1. The van der Waals surface area contributed by atoms with Crippen molar-refractivity contribution in [1.82, 2.24) is 20.1 Å². The number of hydrazine groups is 1. The second-order valence-electron chi connectivity index (χ2n) is 9.40. The number of rotatable bonds is 11. The van der Waals surface area contributed by atoms with E-state index in [4.69, 9.17) is 29.9 Å². The lowest BCUT2D eigenvalue weighted by Crippen LogP contribution is -2.42. The molecule has 2 radical (unpaired) electrons. The van der Waals surface area contributed by atoms with Crippen molar-refractivity contribution in [2.75, 3.05) is 45.6 Å². The summed E-state index contributed by atoms with van der Waals surface area (Å²) in [5, 5.41) is 3.55. The Labute approximate surface area is 237 Å². The lowest BCUT2D eigenvalue weighted by atomic mass is 9.86. The van der Waals surface area contributed by atoms with Crippen LogP contribution in [-0.2, 0) is 20.9 Å². The summed E-state index contributed by atoms with van der Waals surface area (Å²) in [7, 11) is 8.11. The number of benzene rings is 2. The topological polar surface area (TPSA) is 160 Å². The number of hydrogen-bond donors (Lipinski definition) is 4.